The number of nitrogens with zero attached hydrogens (tertiary/aromatic N) is 1. The van der Waals surface area contributed by atoms with Crippen LogP contribution in [0.3, 0.4) is 0 Å². The number of nitrogens with one attached hydrogen (secondary N) is 1. The summed E-state index contributed by atoms with van der Waals surface area (Å²) in [6.07, 6.45) is 1.62. The van der Waals surface area contributed by atoms with Crippen molar-refractivity contribution in [1.82, 2.24) is 5.32 Å². The zero-order valence-electron chi connectivity index (χ0n) is 28.9. The molecule has 3 aromatic rings. The highest BCUT2D eigenvalue weighted by molar-refractivity contribution is 5.74. The summed E-state index contributed by atoms with van der Waals surface area (Å²) in [4.78, 5) is 27.1. The number of carbonyl (C=O) groups is 2. The molecule has 2 atom stereocenters. The second-order valence-corrected chi connectivity index (χ2v) is 14.1. The second-order valence-electron chi connectivity index (χ2n) is 14.1. The van der Waals surface area contributed by atoms with Crippen molar-refractivity contribution in [2.24, 2.45) is 0 Å². The maximum Gasteiger partial charge on any atom is 0.408 e. The van der Waals surface area contributed by atoms with Crippen molar-refractivity contribution in [1.29, 1.82) is 0 Å². The summed E-state index contributed by atoms with van der Waals surface area (Å²) < 4.78 is 39.3. The molecule has 1 saturated heterocycles. The molecule has 1 amide bonds. The Balaban J connectivity index is 1.63. The number of likely N-dealkylation sites (N-methyl/N-ethyl adjacent to an activating group) is 1. The number of rotatable bonds is 11. The van der Waals surface area contributed by atoms with Crippen LogP contribution in [0.4, 0.5) is 14.9 Å². The summed E-state index contributed by atoms with van der Waals surface area (Å²) in [6, 6.07) is 17.9. The third-order valence-electron chi connectivity index (χ3n) is 7.58. The first-order chi connectivity index (χ1) is 22.1. The van der Waals surface area contributed by atoms with Gasteiger partial charge >= 0.3 is 12.1 Å². The van der Waals surface area contributed by atoms with Gasteiger partial charge in [0, 0.05) is 42.6 Å². The first-order valence-electron chi connectivity index (χ1n) is 16.3. The van der Waals surface area contributed by atoms with Gasteiger partial charge < -0.3 is 29.2 Å². The highest BCUT2D eigenvalue weighted by Crippen LogP contribution is 2.33. The molecule has 3 aromatic carbocycles. The van der Waals surface area contributed by atoms with E-state index >= 15 is 4.39 Å². The Labute approximate surface area is 278 Å². The average molecular weight is 649 g/mol. The normalized spacial score (nSPS) is 15.6. The monoisotopic (exact) mass is 648 g/mol. The molecule has 0 aliphatic carbocycles. The molecule has 1 fully saturated rings. The van der Waals surface area contributed by atoms with E-state index in [1.54, 1.807) is 45.9 Å². The van der Waals surface area contributed by atoms with Crippen LogP contribution in [0.15, 0.2) is 60.7 Å². The fourth-order valence-corrected chi connectivity index (χ4v) is 5.49. The lowest BCUT2D eigenvalue weighted by atomic mass is 9.97. The van der Waals surface area contributed by atoms with Crippen molar-refractivity contribution < 1.29 is 32.9 Å². The molecule has 47 heavy (non-hydrogen) atoms. The van der Waals surface area contributed by atoms with E-state index < -0.39 is 29.2 Å². The molecule has 1 aliphatic rings. The number of alkyl carbamates (subject to hydrolysis) is 1. The summed E-state index contributed by atoms with van der Waals surface area (Å²) in [5.41, 5.74) is 2.60. The minimum Gasteiger partial charge on any atom is -0.489 e. The lowest BCUT2D eigenvalue weighted by Gasteiger charge is -2.25. The molecule has 254 valence electrons. The van der Waals surface area contributed by atoms with Crippen molar-refractivity contribution in [2.45, 2.75) is 97.7 Å². The zero-order chi connectivity index (χ0) is 34.4. The number of halogens is 1. The first-order valence-corrected chi connectivity index (χ1v) is 16.3. The van der Waals surface area contributed by atoms with Crippen molar-refractivity contribution in [2.75, 3.05) is 25.1 Å². The molecule has 1 aliphatic heterocycles. The maximum atomic E-state index is 16.2. The quantitative estimate of drug-likeness (QED) is 0.210. The van der Waals surface area contributed by atoms with Gasteiger partial charge in [-0.2, -0.15) is 0 Å². The van der Waals surface area contributed by atoms with Crippen molar-refractivity contribution in [3.63, 3.8) is 0 Å². The summed E-state index contributed by atoms with van der Waals surface area (Å²) in [7, 11) is 2.00. The largest absolute Gasteiger partial charge is 0.489 e. The number of anilines is 1. The van der Waals surface area contributed by atoms with Crippen LogP contribution in [0.2, 0.25) is 0 Å². The van der Waals surface area contributed by atoms with E-state index in [2.05, 4.69) is 10.2 Å². The van der Waals surface area contributed by atoms with Crippen LogP contribution in [0.25, 0.3) is 11.1 Å². The Morgan fingerprint density at radius 1 is 1.00 bits per heavy atom. The van der Waals surface area contributed by atoms with E-state index in [4.69, 9.17) is 18.9 Å². The van der Waals surface area contributed by atoms with Gasteiger partial charge in [0.2, 0.25) is 0 Å². The smallest absolute Gasteiger partial charge is 0.408 e. The number of benzene rings is 3. The van der Waals surface area contributed by atoms with Gasteiger partial charge in [0.15, 0.2) is 0 Å². The maximum absolute atomic E-state index is 16.2. The van der Waals surface area contributed by atoms with E-state index in [0.717, 1.165) is 36.3 Å². The Morgan fingerprint density at radius 2 is 1.72 bits per heavy atom. The molecule has 0 bridgehead atoms. The van der Waals surface area contributed by atoms with Gasteiger partial charge in [-0.05, 0) is 96.7 Å². The standard InChI is InChI=1S/C38H49FN2O6/c1-25(40-36(43)47-38(5,6)7)31-15-11-16-32(35(31)39)28-19-26(20-29(21-28)41(8)23-30-14-12-18-44-30)24-45-33-17-10-9-13-27(33)22-34(42)46-37(2,3)4/h9-11,13,15-17,19-21,25,30H,12,14,18,22-24H2,1-8H3,(H,40,43)/t25-,30?/m1/s1. The third-order valence-corrected chi connectivity index (χ3v) is 7.58. The minimum atomic E-state index is -0.672. The van der Waals surface area contributed by atoms with Gasteiger partial charge in [0.1, 0.15) is 29.4 Å². The Bertz CT molecular complexity index is 1540. The molecular weight excluding hydrogens is 599 g/mol. The number of hydrogen-bond acceptors (Lipinski definition) is 7. The molecule has 0 aromatic heterocycles. The lowest BCUT2D eigenvalue weighted by molar-refractivity contribution is -0.153. The number of esters is 1. The highest BCUT2D eigenvalue weighted by atomic mass is 19.1. The SMILES string of the molecule is C[C@@H](NC(=O)OC(C)(C)C)c1cccc(-c2cc(COc3ccccc3CC(=O)OC(C)(C)C)cc(N(C)CC3CCCO3)c2)c1F. The predicted molar refractivity (Wildman–Crippen MR) is 182 cm³/mol. The summed E-state index contributed by atoms with van der Waals surface area (Å²) in [6.45, 7) is 14.2. The van der Waals surface area contributed by atoms with Crippen LogP contribution in [0, 0.1) is 5.82 Å². The van der Waals surface area contributed by atoms with Gasteiger partial charge in [0.25, 0.3) is 0 Å². The number of ether oxygens (including phenoxy) is 4. The molecule has 1 N–H and O–H groups in total. The minimum absolute atomic E-state index is 0.0797. The Hall–Kier alpha value is -4.11. The van der Waals surface area contributed by atoms with Gasteiger partial charge in [-0.1, -0.05) is 36.4 Å². The van der Waals surface area contributed by atoms with Gasteiger partial charge in [-0.15, -0.1) is 0 Å². The van der Waals surface area contributed by atoms with Crippen LogP contribution in [-0.4, -0.2) is 49.6 Å². The van der Waals surface area contributed by atoms with E-state index in [0.29, 0.717) is 29.0 Å². The lowest BCUT2D eigenvalue weighted by Crippen LogP contribution is -2.34. The van der Waals surface area contributed by atoms with Gasteiger partial charge in [0.05, 0.1) is 18.6 Å². The van der Waals surface area contributed by atoms with Crippen molar-refractivity contribution >= 4 is 17.7 Å². The average Bonchev–Trinajstić information content (AvgIpc) is 3.47. The van der Waals surface area contributed by atoms with E-state index in [1.807, 2.05) is 70.3 Å². The van der Waals surface area contributed by atoms with Crippen LogP contribution in [0.1, 0.15) is 84.0 Å². The number of amides is 1. The zero-order valence-corrected chi connectivity index (χ0v) is 28.9. The van der Waals surface area contributed by atoms with E-state index in [9.17, 15) is 9.59 Å². The van der Waals surface area contributed by atoms with Crippen LogP contribution in [-0.2, 0) is 32.0 Å². The van der Waals surface area contributed by atoms with Gasteiger partial charge in [-0.3, -0.25) is 4.79 Å². The first kappa shape index (κ1) is 35.7. The summed E-state index contributed by atoms with van der Waals surface area (Å²) >= 11 is 0. The Kier molecular flexibility index (Phi) is 11.6. The van der Waals surface area contributed by atoms with Crippen LogP contribution in [0.5, 0.6) is 5.75 Å². The fraction of sp³-hybridized carbons (Fsp3) is 0.474. The molecule has 9 heteroatoms. The molecule has 0 radical (unpaired) electrons. The van der Waals surface area contributed by atoms with Crippen molar-refractivity contribution in [3.8, 4) is 16.9 Å². The topological polar surface area (TPSA) is 86.3 Å². The van der Waals surface area contributed by atoms with Gasteiger partial charge in [-0.25, -0.2) is 9.18 Å². The molecule has 8 nitrogen and oxygen atoms in total. The highest BCUT2D eigenvalue weighted by Gasteiger charge is 2.23. The number of hydrogen-bond donors (Lipinski definition) is 1. The Morgan fingerprint density at radius 3 is 2.40 bits per heavy atom. The van der Waals surface area contributed by atoms with E-state index in [1.165, 1.54) is 0 Å². The fourth-order valence-electron chi connectivity index (χ4n) is 5.49. The molecule has 0 spiro atoms. The molecule has 1 unspecified atom stereocenters. The van der Waals surface area contributed by atoms with Crippen LogP contribution >= 0.6 is 0 Å². The predicted octanol–water partition coefficient (Wildman–Crippen LogP) is 8.16. The molecule has 4 rings (SSSR count). The number of carbonyl (C=O) groups excluding carboxylic acids is 2. The summed E-state index contributed by atoms with van der Waals surface area (Å²) in [5.74, 6) is -0.183. The second kappa shape index (κ2) is 15.2. The third kappa shape index (κ3) is 10.7. The molecular formula is C38H49FN2O6. The van der Waals surface area contributed by atoms with E-state index in [-0.39, 0.29) is 25.1 Å². The molecule has 1 heterocycles. The summed E-state index contributed by atoms with van der Waals surface area (Å²) in [5, 5.41) is 2.75. The van der Waals surface area contributed by atoms with Crippen molar-refractivity contribution in [3.05, 3.63) is 83.2 Å². The molecule has 0 saturated carbocycles. The number of para-hydroxylation sites is 1. The van der Waals surface area contributed by atoms with Crippen LogP contribution < -0.4 is 15.0 Å².